The van der Waals surface area contributed by atoms with Gasteiger partial charge in [0.2, 0.25) is 0 Å². The summed E-state index contributed by atoms with van der Waals surface area (Å²) in [6.07, 6.45) is 0. The lowest BCUT2D eigenvalue weighted by Crippen LogP contribution is -2.43. The van der Waals surface area contributed by atoms with Crippen molar-refractivity contribution in [3.8, 4) is 0 Å². The van der Waals surface area contributed by atoms with Gasteiger partial charge in [-0.1, -0.05) is 48.5 Å². The number of amides is 1. The minimum absolute atomic E-state index is 0.102. The summed E-state index contributed by atoms with van der Waals surface area (Å²) in [6.45, 7) is 3.98. The van der Waals surface area contributed by atoms with Gasteiger partial charge >= 0.3 is 0 Å². The zero-order valence-corrected chi connectivity index (χ0v) is 14.6. The van der Waals surface area contributed by atoms with E-state index in [9.17, 15) is 4.79 Å². The highest BCUT2D eigenvalue weighted by Gasteiger charge is 2.22. The Kier molecular flexibility index (Phi) is 5.00. The van der Waals surface area contributed by atoms with Gasteiger partial charge in [0.25, 0.3) is 5.91 Å². The monoisotopic (exact) mass is 350 g/mol. The third-order valence-electron chi connectivity index (χ3n) is 4.70. The molecule has 1 fully saturated rings. The Bertz CT molecular complexity index is 836. The normalized spacial score (nSPS) is 16.5. The topological polar surface area (TPSA) is 54.7 Å². The van der Waals surface area contributed by atoms with Gasteiger partial charge in [0.15, 0.2) is 5.76 Å². The van der Waals surface area contributed by atoms with Crippen molar-refractivity contribution in [1.82, 2.24) is 10.2 Å². The lowest BCUT2D eigenvalue weighted by molar-refractivity contribution is 0.0331. The Hall–Kier alpha value is -2.63. The van der Waals surface area contributed by atoms with E-state index in [1.807, 2.05) is 54.6 Å². The molecule has 0 aliphatic carbocycles. The molecule has 1 N–H and O–H groups in total. The molecule has 0 radical (unpaired) electrons. The van der Waals surface area contributed by atoms with Crippen molar-refractivity contribution < 1.29 is 13.9 Å². The Morgan fingerprint density at radius 2 is 1.77 bits per heavy atom. The fourth-order valence-electron chi connectivity index (χ4n) is 3.28. The van der Waals surface area contributed by atoms with Crippen LogP contribution in [0.1, 0.15) is 22.2 Å². The number of carbonyl (C=O) groups excluding carboxylic acids is 1. The van der Waals surface area contributed by atoms with Crippen molar-refractivity contribution in [2.45, 2.75) is 6.04 Å². The quantitative estimate of drug-likeness (QED) is 0.768. The van der Waals surface area contributed by atoms with Gasteiger partial charge in [0.05, 0.1) is 19.3 Å². The summed E-state index contributed by atoms with van der Waals surface area (Å²) in [5.74, 6) is 0.150. The number of rotatable bonds is 5. The van der Waals surface area contributed by atoms with Gasteiger partial charge < -0.3 is 14.5 Å². The van der Waals surface area contributed by atoms with Crippen LogP contribution in [0.5, 0.6) is 0 Å². The van der Waals surface area contributed by atoms with Crippen molar-refractivity contribution in [1.29, 1.82) is 0 Å². The highest BCUT2D eigenvalue weighted by Crippen LogP contribution is 2.21. The van der Waals surface area contributed by atoms with Crippen molar-refractivity contribution in [3.63, 3.8) is 0 Å². The van der Waals surface area contributed by atoms with Gasteiger partial charge in [-0.05, 0) is 17.7 Å². The molecule has 134 valence electrons. The van der Waals surface area contributed by atoms with Gasteiger partial charge in [0, 0.05) is 25.0 Å². The molecule has 1 aliphatic rings. The molecule has 26 heavy (non-hydrogen) atoms. The molecular formula is C21H22N2O3. The van der Waals surface area contributed by atoms with Gasteiger partial charge in [-0.15, -0.1) is 0 Å². The van der Waals surface area contributed by atoms with Crippen LogP contribution in [0.4, 0.5) is 0 Å². The van der Waals surface area contributed by atoms with Crippen LogP contribution in [0.25, 0.3) is 11.0 Å². The number of para-hydroxylation sites is 1. The maximum atomic E-state index is 12.8. The average molecular weight is 350 g/mol. The number of nitrogens with zero attached hydrogens (tertiary/aromatic N) is 1. The average Bonchev–Trinajstić information content (AvgIpc) is 3.13. The Balaban J connectivity index is 1.54. The predicted molar refractivity (Wildman–Crippen MR) is 100 cm³/mol. The number of fused-ring (bicyclic) bond motifs is 1. The molecule has 0 spiro atoms. The summed E-state index contributed by atoms with van der Waals surface area (Å²) in [6, 6.07) is 19.4. The van der Waals surface area contributed by atoms with Gasteiger partial charge in [0.1, 0.15) is 5.58 Å². The summed E-state index contributed by atoms with van der Waals surface area (Å²) < 4.78 is 11.1. The van der Waals surface area contributed by atoms with E-state index in [1.54, 1.807) is 6.07 Å². The summed E-state index contributed by atoms with van der Waals surface area (Å²) in [5.41, 5.74) is 1.81. The van der Waals surface area contributed by atoms with Crippen LogP contribution in [0.15, 0.2) is 65.1 Å². The van der Waals surface area contributed by atoms with E-state index < -0.39 is 0 Å². The van der Waals surface area contributed by atoms with E-state index in [-0.39, 0.29) is 11.9 Å². The lowest BCUT2D eigenvalue weighted by Gasteiger charge is -2.31. The van der Waals surface area contributed by atoms with Crippen LogP contribution in [-0.4, -0.2) is 43.7 Å². The van der Waals surface area contributed by atoms with E-state index >= 15 is 0 Å². The van der Waals surface area contributed by atoms with E-state index in [0.717, 1.165) is 49.4 Å². The Morgan fingerprint density at radius 3 is 2.54 bits per heavy atom. The molecule has 4 rings (SSSR count). The van der Waals surface area contributed by atoms with Crippen LogP contribution in [-0.2, 0) is 4.74 Å². The van der Waals surface area contributed by atoms with Crippen LogP contribution < -0.4 is 5.32 Å². The molecule has 0 saturated carbocycles. The first kappa shape index (κ1) is 16.8. The minimum atomic E-state index is -0.191. The molecule has 5 heteroatoms. The van der Waals surface area contributed by atoms with E-state index in [0.29, 0.717) is 5.76 Å². The third-order valence-corrected chi connectivity index (χ3v) is 4.70. The van der Waals surface area contributed by atoms with Crippen molar-refractivity contribution in [2.75, 3.05) is 32.8 Å². The summed E-state index contributed by atoms with van der Waals surface area (Å²) in [5, 5.41) is 4.08. The van der Waals surface area contributed by atoms with Crippen LogP contribution in [0.2, 0.25) is 0 Å². The molecule has 1 amide bonds. The first-order valence-corrected chi connectivity index (χ1v) is 8.94. The van der Waals surface area contributed by atoms with Crippen LogP contribution in [0, 0.1) is 0 Å². The predicted octanol–water partition coefficient (Wildman–Crippen LogP) is 3.24. The molecule has 2 aromatic carbocycles. The number of benzene rings is 2. The molecule has 1 saturated heterocycles. The minimum Gasteiger partial charge on any atom is -0.451 e. The second kappa shape index (κ2) is 7.72. The maximum absolute atomic E-state index is 12.8. The molecular weight excluding hydrogens is 328 g/mol. The molecule has 5 nitrogen and oxygen atoms in total. The first-order valence-electron chi connectivity index (χ1n) is 8.94. The number of morpholine rings is 1. The van der Waals surface area contributed by atoms with Gasteiger partial charge in [-0.3, -0.25) is 9.69 Å². The van der Waals surface area contributed by atoms with Gasteiger partial charge in [-0.25, -0.2) is 0 Å². The highest BCUT2D eigenvalue weighted by molar-refractivity contribution is 5.96. The van der Waals surface area contributed by atoms with Crippen LogP contribution in [0.3, 0.4) is 0 Å². The largest absolute Gasteiger partial charge is 0.451 e. The molecule has 3 aromatic rings. The van der Waals surface area contributed by atoms with E-state index in [1.165, 1.54) is 0 Å². The summed E-state index contributed by atoms with van der Waals surface area (Å²) in [4.78, 5) is 15.1. The second-order valence-electron chi connectivity index (χ2n) is 6.50. The first-order chi connectivity index (χ1) is 12.8. The van der Waals surface area contributed by atoms with Crippen LogP contribution >= 0.6 is 0 Å². The van der Waals surface area contributed by atoms with Crippen molar-refractivity contribution in [3.05, 3.63) is 72.0 Å². The standard InChI is InChI=1S/C21H22N2O3/c24-21(20-14-17-8-4-5-9-19(17)26-20)22-18(16-6-2-1-3-7-16)15-23-10-12-25-13-11-23/h1-9,14,18H,10-13,15H2,(H,22,24)/t18-/m1/s1. The Morgan fingerprint density at radius 1 is 1.04 bits per heavy atom. The number of hydrogen-bond acceptors (Lipinski definition) is 4. The van der Waals surface area contributed by atoms with Crippen molar-refractivity contribution >= 4 is 16.9 Å². The number of ether oxygens (including phenoxy) is 1. The molecule has 0 bridgehead atoms. The zero-order valence-electron chi connectivity index (χ0n) is 14.6. The number of furan rings is 1. The smallest absolute Gasteiger partial charge is 0.287 e. The molecule has 2 heterocycles. The molecule has 1 aliphatic heterocycles. The number of carbonyl (C=O) groups is 1. The fourth-order valence-corrected chi connectivity index (χ4v) is 3.28. The molecule has 1 atom stereocenters. The maximum Gasteiger partial charge on any atom is 0.287 e. The molecule has 0 unspecified atom stereocenters. The lowest BCUT2D eigenvalue weighted by atomic mass is 10.1. The highest BCUT2D eigenvalue weighted by atomic mass is 16.5. The fraction of sp³-hybridized carbons (Fsp3) is 0.286. The number of hydrogen-bond donors (Lipinski definition) is 1. The van der Waals surface area contributed by atoms with Gasteiger partial charge in [-0.2, -0.15) is 0 Å². The summed E-state index contributed by atoms with van der Waals surface area (Å²) in [7, 11) is 0. The zero-order chi connectivity index (χ0) is 17.8. The SMILES string of the molecule is O=C(N[C@H](CN1CCOCC1)c1ccccc1)c1cc2ccccc2o1. The second-order valence-corrected chi connectivity index (χ2v) is 6.50. The molecule has 1 aromatic heterocycles. The number of nitrogens with one attached hydrogen (secondary N) is 1. The third kappa shape index (κ3) is 3.79. The summed E-state index contributed by atoms with van der Waals surface area (Å²) >= 11 is 0. The van der Waals surface area contributed by atoms with E-state index in [2.05, 4.69) is 10.2 Å². The van der Waals surface area contributed by atoms with E-state index in [4.69, 9.17) is 9.15 Å². The Labute approximate surface area is 152 Å². The van der Waals surface area contributed by atoms with Crippen molar-refractivity contribution in [2.24, 2.45) is 0 Å².